The van der Waals surface area contributed by atoms with Crippen molar-refractivity contribution in [1.29, 1.82) is 0 Å². The van der Waals surface area contributed by atoms with Crippen LogP contribution in [-0.4, -0.2) is 43.0 Å². The lowest BCUT2D eigenvalue weighted by atomic mass is 10.1. The smallest absolute Gasteiger partial charge is 0.242 e. The van der Waals surface area contributed by atoms with Crippen LogP contribution in [-0.2, 0) is 22.6 Å². The number of benzene rings is 2. The number of ether oxygens (including phenoxy) is 2. The number of carbonyl (C=O) groups is 2. The van der Waals surface area contributed by atoms with Crippen LogP contribution in [0.25, 0.3) is 0 Å². The Kier molecular flexibility index (Phi) is 9.48. The Hall–Kier alpha value is -2.44. The quantitative estimate of drug-likeness (QED) is 0.467. The maximum atomic E-state index is 13.4. The van der Waals surface area contributed by atoms with E-state index >= 15 is 0 Å². The van der Waals surface area contributed by atoms with Crippen LogP contribution < -0.4 is 14.8 Å². The van der Waals surface area contributed by atoms with Crippen LogP contribution in [0.2, 0.25) is 10.0 Å². The van der Waals surface area contributed by atoms with Crippen LogP contribution in [0.5, 0.6) is 11.5 Å². The summed E-state index contributed by atoms with van der Waals surface area (Å²) in [6, 6.07) is 10.3. The third kappa shape index (κ3) is 6.80. The van der Waals surface area contributed by atoms with Gasteiger partial charge in [-0.15, -0.1) is 0 Å². The third-order valence-electron chi connectivity index (χ3n) is 6.30. The molecule has 8 heteroatoms. The highest BCUT2D eigenvalue weighted by Gasteiger charge is 2.28. The Bertz CT molecular complexity index is 1010. The molecular weight excluding hydrogens is 475 g/mol. The molecule has 2 amide bonds. The Morgan fingerprint density at radius 2 is 1.76 bits per heavy atom. The van der Waals surface area contributed by atoms with Crippen molar-refractivity contribution >= 4 is 35.0 Å². The molecule has 0 saturated heterocycles. The zero-order valence-corrected chi connectivity index (χ0v) is 21.4. The molecule has 0 bridgehead atoms. The van der Waals surface area contributed by atoms with Crippen molar-refractivity contribution in [2.75, 3.05) is 14.2 Å². The number of rotatable bonds is 10. The second kappa shape index (κ2) is 12.3. The molecule has 0 unspecified atom stereocenters. The normalized spacial score (nSPS) is 14.5. The lowest BCUT2D eigenvalue weighted by Gasteiger charge is -2.30. The van der Waals surface area contributed by atoms with Crippen molar-refractivity contribution in [2.24, 2.45) is 0 Å². The number of hydrogen-bond donors (Lipinski definition) is 1. The number of carbonyl (C=O) groups excluding carboxylic acids is 2. The van der Waals surface area contributed by atoms with Crippen molar-refractivity contribution in [3.63, 3.8) is 0 Å². The minimum atomic E-state index is -0.634. The molecule has 1 aliphatic rings. The SMILES string of the molecule is COc1ccc(CCC(=O)N(Cc2ccc(Cl)cc2Cl)[C@@H](C)C(=O)NC2CCCC2)cc1OC. The van der Waals surface area contributed by atoms with Gasteiger partial charge >= 0.3 is 0 Å². The molecule has 3 rings (SSSR count). The van der Waals surface area contributed by atoms with Crippen molar-refractivity contribution in [1.82, 2.24) is 10.2 Å². The number of aryl methyl sites for hydroxylation is 1. The van der Waals surface area contributed by atoms with E-state index in [0.29, 0.717) is 28.0 Å². The minimum Gasteiger partial charge on any atom is -0.493 e. The maximum Gasteiger partial charge on any atom is 0.242 e. The van der Waals surface area contributed by atoms with E-state index in [1.165, 1.54) is 0 Å². The fourth-order valence-corrected chi connectivity index (χ4v) is 4.71. The van der Waals surface area contributed by atoms with Gasteiger partial charge in [0.1, 0.15) is 6.04 Å². The van der Waals surface area contributed by atoms with Crippen molar-refractivity contribution in [3.05, 3.63) is 57.6 Å². The summed E-state index contributed by atoms with van der Waals surface area (Å²) in [5.74, 6) is 0.974. The first-order valence-electron chi connectivity index (χ1n) is 11.6. The number of nitrogens with zero attached hydrogens (tertiary/aromatic N) is 1. The molecule has 6 nitrogen and oxygen atoms in total. The van der Waals surface area contributed by atoms with E-state index in [1.54, 1.807) is 44.2 Å². The van der Waals surface area contributed by atoms with E-state index in [4.69, 9.17) is 32.7 Å². The van der Waals surface area contributed by atoms with E-state index in [2.05, 4.69) is 5.32 Å². The number of methoxy groups -OCH3 is 2. The van der Waals surface area contributed by atoms with Crippen molar-refractivity contribution in [3.8, 4) is 11.5 Å². The first-order valence-corrected chi connectivity index (χ1v) is 12.3. The van der Waals surface area contributed by atoms with E-state index in [9.17, 15) is 9.59 Å². The summed E-state index contributed by atoms with van der Waals surface area (Å²) in [7, 11) is 3.16. The molecule has 184 valence electrons. The summed E-state index contributed by atoms with van der Waals surface area (Å²) in [5.41, 5.74) is 1.68. The van der Waals surface area contributed by atoms with Crippen molar-refractivity contribution < 1.29 is 19.1 Å². The number of halogens is 2. The molecule has 0 spiro atoms. The molecule has 0 heterocycles. The fourth-order valence-electron chi connectivity index (χ4n) is 4.24. The predicted octanol–water partition coefficient (Wildman–Crippen LogP) is 5.42. The molecular formula is C26H32Cl2N2O4. The highest BCUT2D eigenvalue weighted by atomic mass is 35.5. The lowest BCUT2D eigenvalue weighted by molar-refractivity contribution is -0.140. The van der Waals surface area contributed by atoms with Gasteiger partial charge in [0.2, 0.25) is 11.8 Å². The van der Waals surface area contributed by atoms with Gasteiger partial charge in [-0.05, 0) is 61.6 Å². The number of nitrogens with one attached hydrogen (secondary N) is 1. The van der Waals surface area contributed by atoms with E-state index in [1.807, 2.05) is 18.2 Å². The Balaban J connectivity index is 1.75. The van der Waals surface area contributed by atoms with Gasteiger partial charge in [-0.1, -0.05) is 48.2 Å². The van der Waals surface area contributed by atoms with Crippen LogP contribution in [0, 0.1) is 0 Å². The average molecular weight is 507 g/mol. The number of hydrogen-bond acceptors (Lipinski definition) is 4. The van der Waals surface area contributed by atoms with Gasteiger partial charge in [-0.25, -0.2) is 0 Å². The summed E-state index contributed by atoms with van der Waals surface area (Å²) in [6.07, 6.45) is 4.94. The van der Waals surface area contributed by atoms with Crippen LogP contribution >= 0.6 is 23.2 Å². The Labute approximate surface area is 211 Å². The predicted molar refractivity (Wildman–Crippen MR) is 135 cm³/mol. The summed E-state index contributed by atoms with van der Waals surface area (Å²) < 4.78 is 10.7. The maximum absolute atomic E-state index is 13.4. The van der Waals surface area contributed by atoms with Gasteiger partial charge in [0.25, 0.3) is 0 Å². The van der Waals surface area contributed by atoms with Crippen LogP contribution in [0.4, 0.5) is 0 Å². The summed E-state index contributed by atoms with van der Waals surface area (Å²) in [4.78, 5) is 28.0. The van der Waals surface area contributed by atoms with E-state index < -0.39 is 6.04 Å². The molecule has 34 heavy (non-hydrogen) atoms. The fraction of sp³-hybridized carbons (Fsp3) is 0.462. The number of amides is 2. The molecule has 0 aliphatic heterocycles. The second-order valence-electron chi connectivity index (χ2n) is 8.61. The summed E-state index contributed by atoms with van der Waals surface area (Å²) >= 11 is 12.4. The first kappa shape index (κ1) is 26.2. The lowest BCUT2D eigenvalue weighted by Crippen LogP contribution is -2.49. The minimum absolute atomic E-state index is 0.130. The molecule has 1 N–H and O–H groups in total. The van der Waals surface area contributed by atoms with Crippen molar-refractivity contribution in [2.45, 2.75) is 64.1 Å². The molecule has 2 aromatic rings. The summed E-state index contributed by atoms with van der Waals surface area (Å²) in [5, 5.41) is 4.09. The third-order valence-corrected chi connectivity index (χ3v) is 6.89. The van der Waals surface area contributed by atoms with Gasteiger partial charge in [0, 0.05) is 29.1 Å². The monoisotopic (exact) mass is 506 g/mol. The highest BCUT2D eigenvalue weighted by Crippen LogP contribution is 2.28. The van der Waals surface area contributed by atoms with Gasteiger partial charge in [0.15, 0.2) is 11.5 Å². The first-order chi connectivity index (χ1) is 16.3. The molecule has 1 fully saturated rings. The Morgan fingerprint density at radius 3 is 2.41 bits per heavy atom. The van der Waals surface area contributed by atoms with Crippen LogP contribution in [0.15, 0.2) is 36.4 Å². The molecule has 1 atom stereocenters. The van der Waals surface area contributed by atoms with E-state index in [0.717, 1.165) is 36.8 Å². The molecule has 0 aromatic heterocycles. The average Bonchev–Trinajstić information content (AvgIpc) is 3.34. The molecule has 1 saturated carbocycles. The molecule has 2 aromatic carbocycles. The van der Waals surface area contributed by atoms with Crippen LogP contribution in [0.1, 0.15) is 50.2 Å². The van der Waals surface area contributed by atoms with E-state index in [-0.39, 0.29) is 30.8 Å². The topological polar surface area (TPSA) is 67.9 Å². The zero-order valence-electron chi connectivity index (χ0n) is 19.9. The standard InChI is InChI=1S/C26H32Cl2N2O4/c1-17(26(32)29-21-6-4-5-7-21)30(16-19-10-11-20(27)15-22(19)28)25(31)13-9-18-8-12-23(33-2)24(14-18)34-3/h8,10-12,14-15,17,21H,4-7,9,13,16H2,1-3H3,(H,29,32)/t17-/m0/s1. The second-order valence-corrected chi connectivity index (χ2v) is 9.46. The molecule has 0 radical (unpaired) electrons. The van der Waals surface area contributed by atoms with Gasteiger partial charge in [-0.2, -0.15) is 0 Å². The zero-order chi connectivity index (χ0) is 24.7. The van der Waals surface area contributed by atoms with Gasteiger partial charge < -0.3 is 19.7 Å². The van der Waals surface area contributed by atoms with Gasteiger partial charge in [0.05, 0.1) is 14.2 Å². The van der Waals surface area contributed by atoms with Gasteiger partial charge in [-0.3, -0.25) is 9.59 Å². The Morgan fingerprint density at radius 1 is 1.06 bits per heavy atom. The largest absolute Gasteiger partial charge is 0.493 e. The highest BCUT2D eigenvalue weighted by molar-refractivity contribution is 6.35. The van der Waals surface area contributed by atoms with Crippen LogP contribution in [0.3, 0.4) is 0 Å². The summed E-state index contributed by atoms with van der Waals surface area (Å²) in [6.45, 7) is 1.99. The molecule has 1 aliphatic carbocycles.